The van der Waals surface area contributed by atoms with Crippen LogP contribution in [0.25, 0.3) is 0 Å². The van der Waals surface area contributed by atoms with E-state index in [2.05, 4.69) is 5.43 Å². The summed E-state index contributed by atoms with van der Waals surface area (Å²) in [6.45, 7) is 2.39. The van der Waals surface area contributed by atoms with Gasteiger partial charge >= 0.3 is 0 Å². The first-order valence-electron chi connectivity index (χ1n) is 4.41. The van der Waals surface area contributed by atoms with Gasteiger partial charge in [-0.3, -0.25) is 11.3 Å². The SMILES string of the molecule is COCC(NN)C1CCOCC1. The monoisotopic (exact) mass is 174 g/mol. The van der Waals surface area contributed by atoms with Crippen molar-refractivity contribution >= 4 is 0 Å². The lowest BCUT2D eigenvalue weighted by atomic mass is 9.93. The summed E-state index contributed by atoms with van der Waals surface area (Å²) in [6, 6.07) is 0.277. The largest absolute Gasteiger partial charge is 0.383 e. The van der Waals surface area contributed by atoms with E-state index in [9.17, 15) is 0 Å². The fourth-order valence-electron chi connectivity index (χ4n) is 1.62. The molecule has 1 fully saturated rings. The molecular weight excluding hydrogens is 156 g/mol. The molecule has 3 N–H and O–H groups in total. The van der Waals surface area contributed by atoms with Gasteiger partial charge in [0.2, 0.25) is 0 Å². The van der Waals surface area contributed by atoms with Gasteiger partial charge in [-0.2, -0.15) is 0 Å². The Morgan fingerprint density at radius 1 is 1.58 bits per heavy atom. The predicted molar refractivity (Wildman–Crippen MR) is 46.5 cm³/mol. The van der Waals surface area contributed by atoms with Crippen LogP contribution in [0.2, 0.25) is 0 Å². The molecule has 12 heavy (non-hydrogen) atoms. The minimum absolute atomic E-state index is 0.277. The van der Waals surface area contributed by atoms with E-state index in [0.29, 0.717) is 12.5 Å². The van der Waals surface area contributed by atoms with Crippen LogP contribution in [0, 0.1) is 5.92 Å². The van der Waals surface area contributed by atoms with Crippen molar-refractivity contribution in [3.05, 3.63) is 0 Å². The Bertz CT molecular complexity index is 113. The number of hydrazine groups is 1. The maximum absolute atomic E-state index is 5.42. The molecule has 1 unspecified atom stereocenters. The van der Waals surface area contributed by atoms with Crippen LogP contribution in [0.5, 0.6) is 0 Å². The molecule has 1 saturated heterocycles. The van der Waals surface area contributed by atoms with Crippen molar-refractivity contribution in [3.63, 3.8) is 0 Å². The first-order valence-corrected chi connectivity index (χ1v) is 4.41. The Hall–Kier alpha value is -0.160. The topological polar surface area (TPSA) is 56.5 Å². The Morgan fingerprint density at radius 2 is 2.25 bits per heavy atom. The number of hydrogen-bond donors (Lipinski definition) is 2. The van der Waals surface area contributed by atoms with E-state index in [4.69, 9.17) is 15.3 Å². The molecule has 0 aromatic rings. The van der Waals surface area contributed by atoms with E-state index in [-0.39, 0.29) is 6.04 Å². The molecular formula is C8H18N2O2. The number of nitrogens with two attached hydrogens (primary N) is 1. The molecule has 0 amide bonds. The fourth-order valence-corrected chi connectivity index (χ4v) is 1.62. The maximum atomic E-state index is 5.42. The van der Waals surface area contributed by atoms with Crippen LogP contribution in [0.3, 0.4) is 0 Å². The van der Waals surface area contributed by atoms with Gasteiger partial charge in [0.05, 0.1) is 6.61 Å². The van der Waals surface area contributed by atoms with Crippen molar-refractivity contribution in [1.82, 2.24) is 5.43 Å². The summed E-state index contributed by atoms with van der Waals surface area (Å²) in [5.74, 6) is 6.02. The molecule has 0 aromatic heterocycles. The van der Waals surface area contributed by atoms with Gasteiger partial charge in [0.25, 0.3) is 0 Å². The smallest absolute Gasteiger partial charge is 0.0632 e. The summed E-state index contributed by atoms with van der Waals surface area (Å²) in [7, 11) is 1.70. The number of rotatable bonds is 4. The molecule has 0 spiro atoms. The van der Waals surface area contributed by atoms with Crippen LogP contribution in [0.4, 0.5) is 0 Å². The number of nitrogens with one attached hydrogen (secondary N) is 1. The molecule has 0 aliphatic carbocycles. The van der Waals surface area contributed by atoms with E-state index in [0.717, 1.165) is 26.1 Å². The zero-order valence-electron chi connectivity index (χ0n) is 7.58. The van der Waals surface area contributed by atoms with E-state index >= 15 is 0 Å². The first kappa shape index (κ1) is 9.92. The highest BCUT2D eigenvalue weighted by Crippen LogP contribution is 2.18. The second-order valence-electron chi connectivity index (χ2n) is 3.18. The highest BCUT2D eigenvalue weighted by Gasteiger charge is 2.22. The van der Waals surface area contributed by atoms with Crippen LogP contribution in [-0.2, 0) is 9.47 Å². The van der Waals surface area contributed by atoms with Crippen molar-refractivity contribution in [3.8, 4) is 0 Å². The van der Waals surface area contributed by atoms with Crippen molar-refractivity contribution in [2.75, 3.05) is 26.9 Å². The summed E-state index contributed by atoms with van der Waals surface area (Å²) in [5.41, 5.74) is 2.79. The summed E-state index contributed by atoms with van der Waals surface area (Å²) in [4.78, 5) is 0. The predicted octanol–water partition coefficient (Wildman–Crippen LogP) is -0.109. The van der Waals surface area contributed by atoms with E-state index in [1.807, 2.05) is 0 Å². The third-order valence-electron chi connectivity index (χ3n) is 2.40. The Kier molecular flexibility index (Phi) is 4.53. The van der Waals surface area contributed by atoms with Gasteiger partial charge in [-0.25, -0.2) is 0 Å². The first-order chi connectivity index (χ1) is 5.88. The van der Waals surface area contributed by atoms with Crippen LogP contribution < -0.4 is 11.3 Å². The average Bonchev–Trinajstić information content (AvgIpc) is 2.15. The fraction of sp³-hybridized carbons (Fsp3) is 1.00. The summed E-state index contributed by atoms with van der Waals surface area (Å²) in [5, 5.41) is 0. The second-order valence-corrected chi connectivity index (χ2v) is 3.18. The van der Waals surface area contributed by atoms with E-state index in [1.165, 1.54) is 0 Å². The van der Waals surface area contributed by atoms with Gasteiger partial charge in [0, 0.05) is 26.4 Å². The minimum Gasteiger partial charge on any atom is -0.383 e. The molecule has 0 saturated carbocycles. The lowest BCUT2D eigenvalue weighted by Crippen LogP contribution is -2.45. The highest BCUT2D eigenvalue weighted by atomic mass is 16.5. The summed E-state index contributed by atoms with van der Waals surface area (Å²) < 4.78 is 10.3. The Labute approximate surface area is 73.4 Å². The molecule has 0 bridgehead atoms. The second kappa shape index (κ2) is 5.48. The normalized spacial score (nSPS) is 22.5. The molecule has 1 aliphatic rings. The van der Waals surface area contributed by atoms with Gasteiger partial charge < -0.3 is 9.47 Å². The quantitative estimate of drug-likeness (QED) is 0.461. The zero-order valence-corrected chi connectivity index (χ0v) is 7.58. The van der Waals surface area contributed by atoms with Crippen LogP contribution in [-0.4, -0.2) is 33.0 Å². The lowest BCUT2D eigenvalue weighted by Gasteiger charge is -2.29. The molecule has 0 radical (unpaired) electrons. The highest BCUT2D eigenvalue weighted by molar-refractivity contribution is 4.76. The summed E-state index contributed by atoms with van der Waals surface area (Å²) in [6.07, 6.45) is 2.16. The maximum Gasteiger partial charge on any atom is 0.0632 e. The van der Waals surface area contributed by atoms with Crippen molar-refractivity contribution < 1.29 is 9.47 Å². The van der Waals surface area contributed by atoms with E-state index in [1.54, 1.807) is 7.11 Å². The van der Waals surface area contributed by atoms with Crippen molar-refractivity contribution in [1.29, 1.82) is 0 Å². The number of methoxy groups -OCH3 is 1. The van der Waals surface area contributed by atoms with Gasteiger partial charge in [-0.05, 0) is 18.8 Å². The Balaban J connectivity index is 2.29. The minimum atomic E-state index is 0.277. The number of hydrogen-bond acceptors (Lipinski definition) is 4. The molecule has 72 valence electrons. The van der Waals surface area contributed by atoms with Crippen LogP contribution in [0.15, 0.2) is 0 Å². The standard InChI is InChI=1S/C8H18N2O2/c1-11-6-8(10-9)7-2-4-12-5-3-7/h7-8,10H,2-6,9H2,1H3. The average molecular weight is 174 g/mol. The molecule has 4 heteroatoms. The molecule has 1 heterocycles. The van der Waals surface area contributed by atoms with Crippen LogP contribution in [0.1, 0.15) is 12.8 Å². The zero-order chi connectivity index (χ0) is 8.81. The van der Waals surface area contributed by atoms with Crippen LogP contribution >= 0.6 is 0 Å². The molecule has 4 nitrogen and oxygen atoms in total. The van der Waals surface area contributed by atoms with Gasteiger partial charge in [-0.15, -0.1) is 0 Å². The van der Waals surface area contributed by atoms with Gasteiger partial charge in [0.15, 0.2) is 0 Å². The third-order valence-corrected chi connectivity index (χ3v) is 2.40. The van der Waals surface area contributed by atoms with Gasteiger partial charge in [-0.1, -0.05) is 0 Å². The molecule has 0 aromatic carbocycles. The molecule has 1 atom stereocenters. The van der Waals surface area contributed by atoms with Crippen molar-refractivity contribution in [2.45, 2.75) is 18.9 Å². The van der Waals surface area contributed by atoms with Gasteiger partial charge in [0.1, 0.15) is 0 Å². The third kappa shape index (κ3) is 2.71. The Morgan fingerprint density at radius 3 is 2.75 bits per heavy atom. The van der Waals surface area contributed by atoms with E-state index < -0.39 is 0 Å². The molecule has 1 aliphatic heterocycles. The molecule has 1 rings (SSSR count). The lowest BCUT2D eigenvalue weighted by molar-refractivity contribution is 0.0377. The van der Waals surface area contributed by atoms with Crippen molar-refractivity contribution in [2.24, 2.45) is 11.8 Å². The number of ether oxygens (including phenoxy) is 2. The summed E-state index contributed by atoms with van der Waals surface area (Å²) >= 11 is 0.